The number of rotatable bonds is 4. The van der Waals surface area contributed by atoms with E-state index in [1.54, 1.807) is 6.07 Å². The van der Waals surface area contributed by atoms with E-state index in [4.69, 9.17) is 34.8 Å². The molecule has 0 bridgehead atoms. The number of ether oxygens (including phenoxy) is 1. The fraction of sp³-hybridized carbons (Fsp3) is 0.273. The van der Waals surface area contributed by atoms with Gasteiger partial charge in [0, 0.05) is 11.6 Å². The highest BCUT2D eigenvalue weighted by Crippen LogP contribution is 2.20. The lowest BCUT2D eigenvalue weighted by molar-refractivity contribution is -0.140. The summed E-state index contributed by atoms with van der Waals surface area (Å²) in [6, 6.07) is 4.48. The first-order valence-electron chi connectivity index (χ1n) is 4.91. The SMILES string of the molecule is COC(=O)C(Cl)CNC(=O)c1ccc(Cl)cc1Cl. The maximum Gasteiger partial charge on any atom is 0.325 e. The van der Waals surface area contributed by atoms with Gasteiger partial charge in [0.05, 0.1) is 17.7 Å². The minimum Gasteiger partial charge on any atom is -0.468 e. The van der Waals surface area contributed by atoms with Crippen LogP contribution in [0.25, 0.3) is 0 Å². The van der Waals surface area contributed by atoms with Crippen molar-refractivity contribution < 1.29 is 14.3 Å². The van der Waals surface area contributed by atoms with Gasteiger partial charge in [-0.1, -0.05) is 23.2 Å². The topological polar surface area (TPSA) is 55.4 Å². The number of carbonyl (C=O) groups is 2. The lowest BCUT2D eigenvalue weighted by atomic mass is 10.2. The predicted octanol–water partition coefficient (Wildman–Crippen LogP) is 2.50. The molecule has 0 heterocycles. The van der Waals surface area contributed by atoms with Crippen LogP contribution in [0, 0.1) is 0 Å². The highest BCUT2D eigenvalue weighted by molar-refractivity contribution is 6.36. The standard InChI is InChI=1S/C11H10Cl3NO3/c1-18-11(17)9(14)5-15-10(16)7-3-2-6(12)4-8(7)13/h2-4,9H,5H2,1H3,(H,15,16). The Morgan fingerprint density at radius 2 is 2.06 bits per heavy atom. The van der Waals surface area contributed by atoms with Crippen LogP contribution in [-0.2, 0) is 9.53 Å². The first-order chi connectivity index (χ1) is 8.45. The molecule has 1 aromatic carbocycles. The van der Waals surface area contributed by atoms with Crippen LogP contribution in [0.1, 0.15) is 10.4 Å². The average Bonchev–Trinajstić information content (AvgIpc) is 2.34. The van der Waals surface area contributed by atoms with E-state index >= 15 is 0 Å². The van der Waals surface area contributed by atoms with Crippen molar-refractivity contribution in [1.29, 1.82) is 0 Å². The summed E-state index contributed by atoms with van der Waals surface area (Å²) < 4.78 is 4.42. The second-order valence-corrected chi connectivity index (χ2v) is 4.70. The van der Waals surface area contributed by atoms with Gasteiger partial charge in [0.15, 0.2) is 0 Å². The first-order valence-corrected chi connectivity index (χ1v) is 6.10. The van der Waals surface area contributed by atoms with Gasteiger partial charge in [0.2, 0.25) is 0 Å². The minimum absolute atomic E-state index is 0.0496. The van der Waals surface area contributed by atoms with Crippen LogP contribution >= 0.6 is 34.8 Å². The van der Waals surface area contributed by atoms with Crippen LogP contribution in [0.4, 0.5) is 0 Å². The number of amides is 1. The summed E-state index contributed by atoms with van der Waals surface area (Å²) in [6.07, 6.45) is 0. The molecule has 1 aromatic rings. The lowest BCUT2D eigenvalue weighted by Gasteiger charge is -2.09. The molecule has 7 heteroatoms. The summed E-state index contributed by atoms with van der Waals surface area (Å²) >= 11 is 17.3. The zero-order valence-corrected chi connectivity index (χ0v) is 11.6. The Labute approximate surface area is 119 Å². The molecule has 1 N–H and O–H groups in total. The highest BCUT2D eigenvalue weighted by atomic mass is 35.5. The fourth-order valence-corrected chi connectivity index (χ4v) is 1.82. The average molecular weight is 311 g/mol. The van der Waals surface area contributed by atoms with Crippen molar-refractivity contribution in [2.45, 2.75) is 5.38 Å². The van der Waals surface area contributed by atoms with Crippen molar-refractivity contribution in [2.75, 3.05) is 13.7 Å². The van der Waals surface area contributed by atoms with Crippen molar-refractivity contribution in [3.05, 3.63) is 33.8 Å². The zero-order chi connectivity index (χ0) is 13.7. The molecule has 4 nitrogen and oxygen atoms in total. The number of carbonyl (C=O) groups excluding carboxylic acids is 2. The minimum atomic E-state index is -0.940. The Balaban J connectivity index is 2.63. The number of alkyl halides is 1. The molecule has 98 valence electrons. The van der Waals surface area contributed by atoms with Crippen molar-refractivity contribution >= 4 is 46.7 Å². The summed E-state index contributed by atoms with van der Waals surface area (Å²) in [7, 11) is 1.22. The molecule has 0 aliphatic rings. The third-order valence-electron chi connectivity index (χ3n) is 2.07. The quantitative estimate of drug-likeness (QED) is 0.687. The molecule has 0 spiro atoms. The van der Waals surface area contributed by atoms with E-state index in [0.29, 0.717) is 5.02 Å². The molecule has 1 rings (SSSR count). The highest BCUT2D eigenvalue weighted by Gasteiger charge is 2.18. The van der Waals surface area contributed by atoms with Crippen molar-refractivity contribution in [2.24, 2.45) is 0 Å². The number of benzene rings is 1. The molecule has 0 fully saturated rings. The van der Waals surface area contributed by atoms with Gasteiger partial charge in [0.1, 0.15) is 5.38 Å². The Bertz CT molecular complexity index is 465. The van der Waals surface area contributed by atoms with Crippen LogP contribution in [0.5, 0.6) is 0 Å². The van der Waals surface area contributed by atoms with Gasteiger partial charge in [-0.15, -0.1) is 11.6 Å². The van der Waals surface area contributed by atoms with Crippen LogP contribution in [0.15, 0.2) is 18.2 Å². The van der Waals surface area contributed by atoms with E-state index in [9.17, 15) is 9.59 Å². The predicted molar refractivity (Wildman–Crippen MR) is 70.5 cm³/mol. The van der Waals surface area contributed by atoms with Crippen LogP contribution in [0.3, 0.4) is 0 Å². The van der Waals surface area contributed by atoms with Crippen LogP contribution in [-0.4, -0.2) is 30.9 Å². The summed E-state index contributed by atoms with van der Waals surface area (Å²) in [6.45, 7) is -0.0496. The molecular formula is C11H10Cl3NO3. The van der Waals surface area contributed by atoms with Gasteiger partial charge in [-0.25, -0.2) is 0 Å². The number of nitrogens with one attached hydrogen (secondary N) is 1. The van der Waals surface area contributed by atoms with Crippen LogP contribution < -0.4 is 5.32 Å². The Hall–Kier alpha value is -0.970. The fourth-order valence-electron chi connectivity index (χ4n) is 1.16. The summed E-state index contributed by atoms with van der Waals surface area (Å²) in [5.74, 6) is -1.05. The van der Waals surface area contributed by atoms with Gasteiger partial charge in [0.25, 0.3) is 5.91 Å². The second kappa shape index (κ2) is 6.83. The van der Waals surface area contributed by atoms with Gasteiger partial charge in [-0.3, -0.25) is 9.59 Å². The molecule has 0 radical (unpaired) electrons. The number of hydrogen-bond acceptors (Lipinski definition) is 3. The van der Waals surface area contributed by atoms with Gasteiger partial charge in [-0.05, 0) is 18.2 Å². The van der Waals surface area contributed by atoms with E-state index in [1.807, 2.05) is 0 Å². The van der Waals surface area contributed by atoms with Crippen molar-refractivity contribution in [1.82, 2.24) is 5.32 Å². The van der Waals surface area contributed by atoms with E-state index in [-0.39, 0.29) is 17.1 Å². The van der Waals surface area contributed by atoms with Gasteiger partial charge < -0.3 is 10.1 Å². The summed E-state index contributed by atoms with van der Waals surface area (Å²) in [5, 5.41) is 2.19. The second-order valence-electron chi connectivity index (χ2n) is 3.32. The van der Waals surface area contributed by atoms with Gasteiger partial charge >= 0.3 is 5.97 Å². The van der Waals surface area contributed by atoms with E-state index < -0.39 is 17.3 Å². The van der Waals surface area contributed by atoms with E-state index in [1.165, 1.54) is 19.2 Å². The van der Waals surface area contributed by atoms with E-state index in [0.717, 1.165) is 0 Å². The number of methoxy groups -OCH3 is 1. The largest absolute Gasteiger partial charge is 0.468 e. The van der Waals surface area contributed by atoms with Crippen LogP contribution in [0.2, 0.25) is 10.0 Å². The Kier molecular flexibility index (Phi) is 5.72. The lowest BCUT2D eigenvalue weighted by Crippen LogP contribution is -2.34. The maximum absolute atomic E-state index is 11.7. The number of esters is 1. The smallest absolute Gasteiger partial charge is 0.325 e. The Morgan fingerprint density at radius 3 is 2.61 bits per heavy atom. The third kappa shape index (κ3) is 4.05. The number of hydrogen-bond donors (Lipinski definition) is 1. The molecule has 1 atom stereocenters. The molecule has 0 aromatic heterocycles. The molecule has 0 saturated heterocycles. The summed E-state index contributed by atoms with van der Waals surface area (Å²) in [4.78, 5) is 22.8. The normalized spacial score (nSPS) is 11.8. The molecule has 1 amide bonds. The van der Waals surface area contributed by atoms with Crippen molar-refractivity contribution in [3.8, 4) is 0 Å². The molecular weight excluding hydrogens is 300 g/mol. The third-order valence-corrected chi connectivity index (χ3v) is 2.95. The molecule has 18 heavy (non-hydrogen) atoms. The number of halogens is 3. The van der Waals surface area contributed by atoms with Crippen molar-refractivity contribution in [3.63, 3.8) is 0 Å². The van der Waals surface area contributed by atoms with E-state index in [2.05, 4.69) is 10.1 Å². The maximum atomic E-state index is 11.7. The monoisotopic (exact) mass is 309 g/mol. The zero-order valence-electron chi connectivity index (χ0n) is 9.38. The van der Waals surface area contributed by atoms with Gasteiger partial charge in [-0.2, -0.15) is 0 Å². The molecule has 1 unspecified atom stereocenters. The molecule has 0 aliphatic heterocycles. The first kappa shape index (κ1) is 15.1. The molecule has 0 saturated carbocycles. The Morgan fingerprint density at radius 1 is 1.39 bits per heavy atom. The molecule has 0 aliphatic carbocycles. The summed E-state index contributed by atoms with van der Waals surface area (Å²) in [5.41, 5.74) is 0.259.